The van der Waals surface area contributed by atoms with Gasteiger partial charge in [-0.05, 0) is 35.4 Å². The number of urea groups is 1. The molecule has 25 heavy (non-hydrogen) atoms. The summed E-state index contributed by atoms with van der Waals surface area (Å²) in [5.74, 6) is 0.874. The minimum atomic E-state index is 0.000842. The number of nitrogens with one attached hydrogen (secondary N) is 1. The number of hydrogen-bond donors (Lipinski definition) is 1. The van der Waals surface area contributed by atoms with Crippen molar-refractivity contribution in [2.24, 2.45) is 0 Å². The fourth-order valence-corrected chi connectivity index (χ4v) is 2.89. The van der Waals surface area contributed by atoms with Crippen molar-refractivity contribution < 1.29 is 9.53 Å². The van der Waals surface area contributed by atoms with E-state index in [0.717, 1.165) is 44.0 Å². The third kappa shape index (κ3) is 4.93. The highest BCUT2D eigenvalue weighted by atomic mass is 16.5. The normalized spacial score (nSPS) is 15.0. The zero-order valence-corrected chi connectivity index (χ0v) is 14.5. The van der Waals surface area contributed by atoms with E-state index in [1.807, 2.05) is 29.2 Å². The lowest BCUT2D eigenvalue weighted by molar-refractivity contribution is 0.135. The van der Waals surface area contributed by atoms with Gasteiger partial charge < -0.3 is 15.0 Å². The molecule has 0 bridgehead atoms. The van der Waals surface area contributed by atoms with Gasteiger partial charge in [-0.25, -0.2) is 4.79 Å². The van der Waals surface area contributed by atoms with Gasteiger partial charge in [-0.1, -0.05) is 12.1 Å². The first-order chi connectivity index (χ1) is 12.2. The van der Waals surface area contributed by atoms with Crippen LogP contribution in [0.1, 0.15) is 11.1 Å². The molecule has 132 valence electrons. The first-order valence-corrected chi connectivity index (χ1v) is 8.51. The Morgan fingerprint density at radius 3 is 2.36 bits per heavy atom. The standard InChI is InChI=1S/C19H24N4O2/c1-25-18-4-2-17(3-5-18)15-22-10-12-23(13-11-22)19(24)21-14-16-6-8-20-9-7-16/h2-9H,10-15H2,1H3,(H,21,24). The maximum atomic E-state index is 12.3. The third-order valence-electron chi connectivity index (χ3n) is 4.42. The molecule has 2 aromatic rings. The Kier molecular flexibility index (Phi) is 5.85. The molecule has 0 spiro atoms. The summed E-state index contributed by atoms with van der Waals surface area (Å²) in [4.78, 5) is 20.5. The van der Waals surface area contributed by atoms with Gasteiger partial charge in [0.25, 0.3) is 0 Å². The predicted octanol–water partition coefficient (Wildman–Crippen LogP) is 2.12. The monoisotopic (exact) mass is 340 g/mol. The molecule has 0 saturated carbocycles. The fourth-order valence-electron chi connectivity index (χ4n) is 2.89. The molecule has 3 rings (SSSR count). The molecular weight excluding hydrogens is 316 g/mol. The highest BCUT2D eigenvalue weighted by Crippen LogP contribution is 2.14. The second kappa shape index (κ2) is 8.48. The van der Waals surface area contributed by atoms with Crippen LogP contribution in [0.5, 0.6) is 5.75 Å². The maximum Gasteiger partial charge on any atom is 0.317 e. The van der Waals surface area contributed by atoms with Gasteiger partial charge in [-0.2, -0.15) is 0 Å². The summed E-state index contributed by atoms with van der Waals surface area (Å²) in [5, 5.41) is 2.97. The van der Waals surface area contributed by atoms with Crippen molar-refractivity contribution in [2.75, 3.05) is 33.3 Å². The highest BCUT2D eigenvalue weighted by Gasteiger charge is 2.20. The number of hydrogen-bond acceptors (Lipinski definition) is 4. The van der Waals surface area contributed by atoms with Crippen LogP contribution in [0.25, 0.3) is 0 Å². The quantitative estimate of drug-likeness (QED) is 0.906. The number of nitrogens with zero attached hydrogens (tertiary/aromatic N) is 3. The summed E-state index contributed by atoms with van der Waals surface area (Å²) in [6.07, 6.45) is 3.47. The zero-order chi connectivity index (χ0) is 17.5. The molecule has 0 unspecified atom stereocenters. The molecule has 2 amide bonds. The van der Waals surface area contributed by atoms with Crippen LogP contribution in [0.15, 0.2) is 48.8 Å². The van der Waals surface area contributed by atoms with Crippen molar-refractivity contribution in [1.29, 1.82) is 0 Å². The average Bonchev–Trinajstić information content (AvgIpc) is 2.68. The first-order valence-electron chi connectivity index (χ1n) is 8.51. The molecule has 0 aliphatic carbocycles. The van der Waals surface area contributed by atoms with Crippen molar-refractivity contribution in [2.45, 2.75) is 13.1 Å². The molecule has 0 radical (unpaired) electrons. The van der Waals surface area contributed by atoms with Gasteiger partial charge in [0.05, 0.1) is 7.11 Å². The number of rotatable bonds is 5. The predicted molar refractivity (Wildman–Crippen MR) is 96.3 cm³/mol. The summed E-state index contributed by atoms with van der Waals surface area (Å²) in [6, 6.07) is 12.0. The lowest BCUT2D eigenvalue weighted by Gasteiger charge is -2.34. The summed E-state index contributed by atoms with van der Waals surface area (Å²) >= 11 is 0. The van der Waals surface area contributed by atoms with Crippen molar-refractivity contribution in [3.8, 4) is 5.75 Å². The van der Waals surface area contributed by atoms with Gasteiger partial charge in [0, 0.05) is 51.7 Å². The van der Waals surface area contributed by atoms with E-state index in [1.165, 1.54) is 5.56 Å². The van der Waals surface area contributed by atoms with E-state index in [1.54, 1.807) is 19.5 Å². The van der Waals surface area contributed by atoms with Crippen LogP contribution in [0.4, 0.5) is 4.79 Å². The molecule has 1 aliphatic heterocycles. The Labute approximate surface area is 148 Å². The highest BCUT2D eigenvalue weighted by molar-refractivity contribution is 5.74. The summed E-state index contributed by atoms with van der Waals surface area (Å²) in [5.41, 5.74) is 2.32. The molecule has 1 aromatic heterocycles. The molecule has 2 heterocycles. The molecule has 0 atom stereocenters. The van der Waals surface area contributed by atoms with Gasteiger partial charge in [0.2, 0.25) is 0 Å². The van der Waals surface area contributed by atoms with Crippen molar-refractivity contribution >= 4 is 6.03 Å². The van der Waals surface area contributed by atoms with Gasteiger partial charge in [-0.3, -0.25) is 9.88 Å². The van der Waals surface area contributed by atoms with E-state index in [-0.39, 0.29) is 6.03 Å². The Morgan fingerprint density at radius 2 is 1.72 bits per heavy atom. The smallest absolute Gasteiger partial charge is 0.317 e. The van der Waals surface area contributed by atoms with Crippen LogP contribution in [-0.2, 0) is 13.1 Å². The molecule has 1 saturated heterocycles. The third-order valence-corrected chi connectivity index (χ3v) is 4.42. The largest absolute Gasteiger partial charge is 0.497 e. The molecule has 6 heteroatoms. The zero-order valence-electron chi connectivity index (χ0n) is 14.5. The first kappa shape index (κ1) is 17.2. The van der Waals surface area contributed by atoms with E-state index in [2.05, 4.69) is 27.3 Å². The van der Waals surface area contributed by atoms with Gasteiger partial charge in [0.1, 0.15) is 5.75 Å². The second-order valence-electron chi connectivity index (χ2n) is 6.13. The Hall–Kier alpha value is -2.60. The molecule has 1 aliphatic rings. The molecule has 1 N–H and O–H groups in total. The lowest BCUT2D eigenvalue weighted by Crippen LogP contribution is -2.51. The Morgan fingerprint density at radius 1 is 1.04 bits per heavy atom. The van der Waals surface area contributed by atoms with Crippen LogP contribution in [-0.4, -0.2) is 54.1 Å². The topological polar surface area (TPSA) is 57.7 Å². The van der Waals surface area contributed by atoms with E-state index in [0.29, 0.717) is 6.54 Å². The number of carbonyl (C=O) groups is 1. The summed E-state index contributed by atoms with van der Waals surface area (Å²) in [7, 11) is 1.67. The molecule has 6 nitrogen and oxygen atoms in total. The van der Waals surface area contributed by atoms with Gasteiger partial charge >= 0.3 is 6.03 Å². The number of piperazine rings is 1. The number of benzene rings is 1. The van der Waals surface area contributed by atoms with E-state index < -0.39 is 0 Å². The Bertz CT molecular complexity index is 668. The lowest BCUT2D eigenvalue weighted by atomic mass is 10.2. The van der Waals surface area contributed by atoms with E-state index in [4.69, 9.17) is 4.74 Å². The molecule has 1 aromatic carbocycles. The van der Waals surface area contributed by atoms with Crippen LogP contribution in [0.3, 0.4) is 0 Å². The number of carbonyl (C=O) groups excluding carboxylic acids is 1. The van der Waals surface area contributed by atoms with Crippen LogP contribution in [0.2, 0.25) is 0 Å². The summed E-state index contributed by atoms with van der Waals surface area (Å²) in [6.45, 7) is 4.70. The Balaban J connectivity index is 1.42. The number of pyridine rings is 1. The van der Waals surface area contributed by atoms with E-state index >= 15 is 0 Å². The van der Waals surface area contributed by atoms with Crippen molar-refractivity contribution in [3.63, 3.8) is 0 Å². The number of ether oxygens (including phenoxy) is 1. The van der Waals surface area contributed by atoms with E-state index in [9.17, 15) is 4.79 Å². The number of methoxy groups -OCH3 is 1. The minimum absolute atomic E-state index is 0.000842. The van der Waals surface area contributed by atoms with Crippen LogP contribution in [0, 0.1) is 0 Å². The number of amides is 2. The van der Waals surface area contributed by atoms with Gasteiger partial charge in [-0.15, -0.1) is 0 Å². The van der Waals surface area contributed by atoms with Crippen LogP contribution < -0.4 is 10.1 Å². The van der Waals surface area contributed by atoms with Crippen LogP contribution >= 0.6 is 0 Å². The minimum Gasteiger partial charge on any atom is -0.497 e. The fraction of sp³-hybridized carbons (Fsp3) is 0.368. The molecule has 1 fully saturated rings. The second-order valence-corrected chi connectivity index (χ2v) is 6.13. The van der Waals surface area contributed by atoms with Crippen molar-refractivity contribution in [3.05, 3.63) is 59.9 Å². The van der Waals surface area contributed by atoms with Crippen molar-refractivity contribution in [1.82, 2.24) is 20.1 Å². The maximum absolute atomic E-state index is 12.3. The SMILES string of the molecule is COc1ccc(CN2CCN(C(=O)NCc3ccncc3)CC2)cc1. The number of aromatic nitrogens is 1. The van der Waals surface area contributed by atoms with Gasteiger partial charge in [0.15, 0.2) is 0 Å². The summed E-state index contributed by atoms with van der Waals surface area (Å²) < 4.78 is 5.19. The molecular formula is C19H24N4O2. The average molecular weight is 340 g/mol.